The van der Waals surface area contributed by atoms with Gasteiger partial charge in [-0.1, -0.05) is 12.1 Å². The fourth-order valence-corrected chi connectivity index (χ4v) is 1.40. The summed E-state index contributed by atoms with van der Waals surface area (Å²) >= 11 is 0. The summed E-state index contributed by atoms with van der Waals surface area (Å²) < 4.78 is 0. The molecular weight excluding hydrogens is 146 g/mol. The van der Waals surface area contributed by atoms with Crippen LogP contribution in [0.3, 0.4) is 0 Å². The molecule has 60 valence electrons. The molecule has 0 atom stereocenters. The van der Waals surface area contributed by atoms with E-state index in [-0.39, 0.29) is 0 Å². The smallest absolute Gasteiger partial charge is 0.0704 e. The molecule has 1 aromatic heterocycles. The van der Waals surface area contributed by atoms with Gasteiger partial charge in [0, 0.05) is 11.6 Å². The second-order valence-corrected chi connectivity index (χ2v) is 3.15. The van der Waals surface area contributed by atoms with Crippen molar-refractivity contribution >= 4 is 10.9 Å². The molecule has 0 bridgehead atoms. The fourth-order valence-electron chi connectivity index (χ4n) is 1.40. The molecule has 0 aliphatic rings. The normalized spacial score (nSPS) is 10.5. The first-order valence-corrected chi connectivity index (χ1v) is 4.09. The molecule has 0 spiro atoms. The first-order valence-electron chi connectivity index (χ1n) is 4.09. The van der Waals surface area contributed by atoms with Crippen molar-refractivity contribution in [3.63, 3.8) is 0 Å². The largest absolute Gasteiger partial charge is 0.256 e. The molecule has 1 heteroatoms. The molecule has 1 aromatic carbocycles. The van der Waals surface area contributed by atoms with Crippen LogP contribution in [0.25, 0.3) is 10.9 Å². The van der Waals surface area contributed by atoms with Crippen molar-refractivity contribution in [3.8, 4) is 0 Å². The maximum Gasteiger partial charge on any atom is 0.0704 e. The molecule has 0 radical (unpaired) electrons. The number of fused-ring (bicyclic) bond motifs is 1. The first kappa shape index (κ1) is 7.29. The van der Waals surface area contributed by atoms with E-state index in [1.165, 1.54) is 16.5 Å². The molecule has 1 heterocycles. The Balaban J connectivity index is 2.88. The molecule has 2 aromatic rings. The Morgan fingerprint density at radius 3 is 2.83 bits per heavy atom. The van der Waals surface area contributed by atoms with Crippen LogP contribution < -0.4 is 0 Å². The SMILES string of the molecule is Cc1cnc2cccc(C)c2c1. The van der Waals surface area contributed by atoms with Crippen LogP contribution in [-0.2, 0) is 0 Å². The van der Waals surface area contributed by atoms with Crippen molar-refractivity contribution in [1.82, 2.24) is 4.98 Å². The van der Waals surface area contributed by atoms with E-state index in [1.54, 1.807) is 0 Å². The van der Waals surface area contributed by atoms with Gasteiger partial charge in [0.15, 0.2) is 0 Å². The number of pyridine rings is 1. The van der Waals surface area contributed by atoms with Crippen molar-refractivity contribution in [2.24, 2.45) is 0 Å². The standard InChI is InChI=1S/C11H11N/c1-8-6-10-9(2)4-3-5-11(10)12-7-8/h3-7H,1-2H3. The molecular formula is C11H11N. The van der Waals surface area contributed by atoms with Crippen LogP contribution in [0.4, 0.5) is 0 Å². The highest BCUT2D eigenvalue weighted by molar-refractivity contribution is 5.82. The summed E-state index contributed by atoms with van der Waals surface area (Å²) in [6.45, 7) is 4.18. The molecule has 0 saturated heterocycles. The third-order valence-corrected chi connectivity index (χ3v) is 2.08. The first-order chi connectivity index (χ1) is 5.77. The van der Waals surface area contributed by atoms with Crippen LogP contribution in [0.2, 0.25) is 0 Å². The maximum atomic E-state index is 4.34. The van der Waals surface area contributed by atoms with Gasteiger partial charge in [-0.15, -0.1) is 0 Å². The zero-order valence-corrected chi connectivity index (χ0v) is 7.33. The second-order valence-electron chi connectivity index (χ2n) is 3.15. The van der Waals surface area contributed by atoms with E-state index in [1.807, 2.05) is 18.3 Å². The lowest BCUT2D eigenvalue weighted by atomic mass is 10.1. The molecule has 0 fully saturated rings. The third-order valence-electron chi connectivity index (χ3n) is 2.08. The molecule has 0 aliphatic carbocycles. The third kappa shape index (κ3) is 1.07. The van der Waals surface area contributed by atoms with Crippen molar-refractivity contribution in [3.05, 3.63) is 41.6 Å². The van der Waals surface area contributed by atoms with Crippen molar-refractivity contribution in [1.29, 1.82) is 0 Å². The minimum Gasteiger partial charge on any atom is -0.256 e. The Hall–Kier alpha value is -1.37. The van der Waals surface area contributed by atoms with Crippen LogP contribution in [0.15, 0.2) is 30.5 Å². The average Bonchev–Trinajstić information content (AvgIpc) is 2.07. The minimum absolute atomic E-state index is 1.08. The monoisotopic (exact) mass is 157 g/mol. The zero-order chi connectivity index (χ0) is 8.55. The number of aromatic nitrogens is 1. The molecule has 12 heavy (non-hydrogen) atoms. The van der Waals surface area contributed by atoms with Gasteiger partial charge in [0.25, 0.3) is 0 Å². The summed E-state index contributed by atoms with van der Waals surface area (Å²) in [4.78, 5) is 4.34. The summed E-state index contributed by atoms with van der Waals surface area (Å²) in [6, 6.07) is 8.38. The number of hydrogen-bond donors (Lipinski definition) is 0. The number of nitrogens with zero attached hydrogens (tertiary/aromatic N) is 1. The lowest BCUT2D eigenvalue weighted by molar-refractivity contribution is 1.32. The summed E-state index contributed by atoms with van der Waals surface area (Å²) in [5, 5.41) is 1.26. The molecule has 0 saturated carbocycles. The predicted octanol–water partition coefficient (Wildman–Crippen LogP) is 2.85. The van der Waals surface area contributed by atoms with Gasteiger partial charge in [0.2, 0.25) is 0 Å². The van der Waals surface area contributed by atoms with Gasteiger partial charge in [-0.05, 0) is 37.1 Å². The van der Waals surface area contributed by atoms with Crippen molar-refractivity contribution < 1.29 is 0 Å². The van der Waals surface area contributed by atoms with Gasteiger partial charge in [-0.2, -0.15) is 0 Å². The molecule has 0 unspecified atom stereocenters. The highest BCUT2D eigenvalue weighted by atomic mass is 14.6. The Morgan fingerprint density at radius 2 is 2.00 bits per heavy atom. The van der Waals surface area contributed by atoms with Crippen LogP contribution in [0.5, 0.6) is 0 Å². The maximum absolute atomic E-state index is 4.34. The lowest BCUT2D eigenvalue weighted by Gasteiger charge is -2.00. The van der Waals surface area contributed by atoms with Gasteiger partial charge in [0.1, 0.15) is 0 Å². The number of benzene rings is 1. The summed E-state index contributed by atoms with van der Waals surface area (Å²) in [5.41, 5.74) is 3.60. The Kier molecular flexibility index (Phi) is 1.58. The van der Waals surface area contributed by atoms with E-state index in [0.29, 0.717) is 0 Å². The van der Waals surface area contributed by atoms with Gasteiger partial charge >= 0.3 is 0 Å². The molecule has 0 aliphatic heterocycles. The van der Waals surface area contributed by atoms with E-state index < -0.39 is 0 Å². The van der Waals surface area contributed by atoms with E-state index in [4.69, 9.17) is 0 Å². The fraction of sp³-hybridized carbons (Fsp3) is 0.182. The van der Waals surface area contributed by atoms with E-state index in [9.17, 15) is 0 Å². The molecule has 0 N–H and O–H groups in total. The van der Waals surface area contributed by atoms with Crippen LogP contribution in [0.1, 0.15) is 11.1 Å². The summed E-state index contributed by atoms with van der Waals surface area (Å²) in [7, 11) is 0. The Morgan fingerprint density at radius 1 is 1.17 bits per heavy atom. The quantitative estimate of drug-likeness (QED) is 0.573. The lowest BCUT2D eigenvalue weighted by Crippen LogP contribution is -1.83. The van der Waals surface area contributed by atoms with Crippen molar-refractivity contribution in [2.45, 2.75) is 13.8 Å². The molecule has 0 amide bonds. The molecule has 2 rings (SSSR count). The summed E-state index contributed by atoms with van der Waals surface area (Å²) in [5.74, 6) is 0. The predicted molar refractivity (Wildman–Crippen MR) is 51.2 cm³/mol. The average molecular weight is 157 g/mol. The van der Waals surface area contributed by atoms with Crippen LogP contribution in [0, 0.1) is 13.8 Å². The van der Waals surface area contributed by atoms with Gasteiger partial charge in [-0.25, -0.2) is 0 Å². The van der Waals surface area contributed by atoms with Crippen molar-refractivity contribution in [2.75, 3.05) is 0 Å². The van der Waals surface area contributed by atoms with Gasteiger partial charge in [0.05, 0.1) is 5.52 Å². The highest BCUT2D eigenvalue weighted by Gasteiger charge is 1.96. The van der Waals surface area contributed by atoms with E-state index in [0.717, 1.165) is 5.52 Å². The van der Waals surface area contributed by atoms with E-state index in [2.05, 4.69) is 31.0 Å². The van der Waals surface area contributed by atoms with Crippen LogP contribution >= 0.6 is 0 Å². The van der Waals surface area contributed by atoms with E-state index >= 15 is 0 Å². The number of rotatable bonds is 0. The number of aryl methyl sites for hydroxylation is 2. The topological polar surface area (TPSA) is 12.9 Å². The Bertz CT molecular complexity index is 418. The summed E-state index contributed by atoms with van der Waals surface area (Å²) in [6.07, 6.45) is 1.90. The zero-order valence-electron chi connectivity index (χ0n) is 7.33. The van der Waals surface area contributed by atoms with Gasteiger partial charge < -0.3 is 0 Å². The number of hydrogen-bond acceptors (Lipinski definition) is 1. The van der Waals surface area contributed by atoms with Crippen LogP contribution in [-0.4, -0.2) is 4.98 Å². The van der Waals surface area contributed by atoms with Gasteiger partial charge in [-0.3, -0.25) is 4.98 Å². The molecule has 1 nitrogen and oxygen atoms in total. The Labute approximate surface area is 72.1 Å². The second kappa shape index (κ2) is 2.59. The highest BCUT2D eigenvalue weighted by Crippen LogP contribution is 2.16. The minimum atomic E-state index is 1.08.